The lowest BCUT2D eigenvalue weighted by molar-refractivity contribution is 0.101. The Balaban J connectivity index is 1.84. The second kappa shape index (κ2) is 8.75. The van der Waals surface area contributed by atoms with Crippen molar-refractivity contribution < 1.29 is 9.53 Å². The SMILES string of the molecule is COc1ccc(C(C)=O)cc1CSc1nn(-c2ccc(Cl)c(Cl)c2)c(=S)s1. The van der Waals surface area contributed by atoms with E-state index in [1.54, 1.807) is 36.9 Å². The molecule has 0 aliphatic heterocycles. The van der Waals surface area contributed by atoms with Gasteiger partial charge >= 0.3 is 0 Å². The summed E-state index contributed by atoms with van der Waals surface area (Å²) in [6.45, 7) is 1.54. The minimum atomic E-state index is 0.0171. The molecule has 0 spiro atoms. The lowest BCUT2D eigenvalue weighted by Gasteiger charge is -2.08. The zero-order chi connectivity index (χ0) is 19.6. The molecule has 0 aliphatic rings. The van der Waals surface area contributed by atoms with Gasteiger partial charge in [-0.25, -0.2) is 4.68 Å². The van der Waals surface area contributed by atoms with E-state index in [4.69, 9.17) is 40.2 Å². The van der Waals surface area contributed by atoms with E-state index in [0.29, 0.717) is 25.3 Å². The second-order valence-corrected chi connectivity index (χ2v) is 9.18. The predicted molar refractivity (Wildman–Crippen MR) is 115 cm³/mol. The van der Waals surface area contributed by atoms with Crippen molar-refractivity contribution in [2.45, 2.75) is 17.0 Å². The molecule has 3 aromatic rings. The molecule has 27 heavy (non-hydrogen) atoms. The van der Waals surface area contributed by atoms with Crippen LogP contribution in [0.25, 0.3) is 5.69 Å². The molecule has 0 bridgehead atoms. The fraction of sp³-hybridized carbons (Fsp3) is 0.167. The average molecular weight is 457 g/mol. The molecule has 0 aliphatic carbocycles. The molecular weight excluding hydrogens is 443 g/mol. The minimum absolute atomic E-state index is 0.0171. The number of thioether (sulfide) groups is 1. The summed E-state index contributed by atoms with van der Waals surface area (Å²) in [6.07, 6.45) is 0. The summed E-state index contributed by atoms with van der Waals surface area (Å²) in [5.74, 6) is 1.36. The molecule has 4 nitrogen and oxygen atoms in total. The number of halogens is 2. The van der Waals surface area contributed by atoms with Crippen molar-refractivity contribution >= 4 is 64.3 Å². The molecule has 0 saturated heterocycles. The molecule has 140 valence electrons. The number of nitrogens with zero attached hydrogens (tertiary/aromatic N) is 2. The van der Waals surface area contributed by atoms with E-state index < -0.39 is 0 Å². The highest BCUT2D eigenvalue weighted by Crippen LogP contribution is 2.32. The van der Waals surface area contributed by atoms with Crippen LogP contribution in [0.15, 0.2) is 40.7 Å². The van der Waals surface area contributed by atoms with Gasteiger partial charge < -0.3 is 4.74 Å². The Bertz CT molecular complexity index is 1060. The molecule has 3 rings (SSSR count). The highest BCUT2D eigenvalue weighted by molar-refractivity contribution is 8.00. The summed E-state index contributed by atoms with van der Waals surface area (Å²) >= 11 is 20.4. The highest BCUT2D eigenvalue weighted by Gasteiger charge is 2.12. The summed E-state index contributed by atoms with van der Waals surface area (Å²) in [4.78, 5) is 11.6. The number of ether oxygens (including phenoxy) is 1. The van der Waals surface area contributed by atoms with Crippen LogP contribution in [-0.4, -0.2) is 22.7 Å². The maximum Gasteiger partial charge on any atom is 0.184 e. The van der Waals surface area contributed by atoms with Gasteiger partial charge in [-0.05, 0) is 55.5 Å². The zero-order valence-electron chi connectivity index (χ0n) is 14.4. The number of hydrogen-bond donors (Lipinski definition) is 0. The van der Waals surface area contributed by atoms with Crippen molar-refractivity contribution in [3.8, 4) is 11.4 Å². The van der Waals surface area contributed by atoms with Crippen LogP contribution in [0.1, 0.15) is 22.8 Å². The van der Waals surface area contributed by atoms with E-state index in [2.05, 4.69) is 5.10 Å². The van der Waals surface area contributed by atoms with Gasteiger partial charge in [-0.3, -0.25) is 4.79 Å². The standard InChI is InChI=1S/C18H14Cl2N2O2S3/c1-10(23)11-3-6-16(24-2)12(7-11)9-26-17-21-22(18(25)27-17)13-4-5-14(19)15(20)8-13/h3-8H,9H2,1-2H3. The first-order chi connectivity index (χ1) is 12.9. The first-order valence-electron chi connectivity index (χ1n) is 7.75. The third-order valence-corrected chi connectivity index (χ3v) is 6.87. The number of Topliss-reactive ketones (excluding diaryl/α,β-unsaturated/α-hetero) is 1. The molecule has 0 saturated carbocycles. The molecule has 0 unspecified atom stereocenters. The van der Waals surface area contributed by atoms with Gasteiger partial charge in [0.25, 0.3) is 0 Å². The van der Waals surface area contributed by atoms with Crippen LogP contribution in [-0.2, 0) is 5.75 Å². The molecular formula is C18H14Cl2N2O2S3. The van der Waals surface area contributed by atoms with Gasteiger partial charge in [0.15, 0.2) is 14.1 Å². The number of hydrogen-bond acceptors (Lipinski definition) is 6. The van der Waals surface area contributed by atoms with Gasteiger partial charge in [0.1, 0.15) is 5.75 Å². The normalized spacial score (nSPS) is 10.8. The molecule has 0 fully saturated rings. The van der Waals surface area contributed by atoms with Crippen LogP contribution in [0, 0.1) is 3.95 Å². The van der Waals surface area contributed by atoms with E-state index >= 15 is 0 Å². The Morgan fingerprint density at radius 3 is 2.70 bits per heavy atom. The first-order valence-corrected chi connectivity index (χ1v) is 10.7. The van der Waals surface area contributed by atoms with Crippen LogP contribution in [0.4, 0.5) is 0 Å². The van der Waals surface area contributed by atoms with Gasteiger partial charge in [0.05, 0.1) is 22.8 Å². The van der Waals surface area contributed by atoms with Gasteiger partial charge in [-0.15, -0.1) is 5.10 Å². The number of benzene rings is 2. The van der Waals surface area contributed by atoms with Gasteiger partial charge in [0, 0.05) is 16.9 Å². The fourth-order valence-electron chi connectivity index (χ4n) is 2.35. The molecule has 0 N–H and O–H groups in total. The number of ketones is 1. The van der Waals surface area contributed by atoms with E-state index in [9.17, 15) is 4.79 Å². The average Bonchev–Trinajstić information content (AvgIpc) is 3.02. The lowest BCUT2D eigenvalue weighted by Crippen LogP contribution is -1.97. The molecule has 0 radical (unpaired) electrons. The summed E-state index contributed by atoms with van der Waals surface area (Å²) < 4.78 is 8.48. The minimum Gasteiger partial charge on any atom is -0.496 e. The summed E-state index contributed by atoms with van der Waals surface area (Å²) in [6, 6.07) is 10.7. The van der Waals surface area contributed by atoms with Crippen molar-refractivity contribution in [1.82, 2.24) is 9.78 Å². The maximum atomic E-state index is 11.6. The van der Waals surface area contributed by atoms with E-state index in [1.807, 2.05) is 18.2 Å². The molecule has 2 aromatic carbocycles. The number of methoxy groups -OCH3 is 1. The number of rotatable bonds is 6. The quantitative estimate of drug-likeness (QED) is 0.241. The van der Waals surface area contributed by atoms with Crippen molar-refractivity contribution in [2.24, 2.45) is 0 Å². The van der Waals surface area contributed by atoms with Crippen molar-refractivity contribution in [3.63, 3.8) is 0 Å². The Labute approximate surface area is 180 Å². The van der Waals surface area contributed by atoms with Gasteiger partial charge in [0.2, 0.25) is 0 Å². The van der Waals surface area contributed by atoms with Crippen LogP contribution in [0.2, 0.25) is 10.0 Å². The predicted octanol–water partition coefficient (Wildman–Crippen LogP) is 6.47. The fourth-order valence-corrected chi connectivity index (χ4v) is 4.98. The maximum absolute atomic E-state index is 11.6. The van der Waals surface area contributed by atoms with Crippen molar-refractivity contribution in [3.05, 3.63) is 61.5 Å². The highest BCUT2D eigenvalue weighted by atomic mass is 35.5. The van der Waals surface area contributed by atoms with E-state index in [1.165, 1.54) is 23.1 Å². The number of aromatic nitrogens is 2. The largest absolute Gasteiger partial charge is 0.496 e. The first kappa shape index (κ1) is 20.4. The Hall–Kier alpha value is -1.38. The van der Waals surface area contributed by atoms with Crippen molar-refractivity contribution in [2.75, 3.05) is 7.11 Å². The zero-order valence-corrected chi connectivity index (χ0v) is 18.3. The number of carbonyl (C=O) groups is 1. The Morgan fingerprint density at radius 1 is 1.26 bits per heavy atom. The molecule has 0 atom stereocenters. The smallest absolute Gasteiger partial charge is 0.184 e. The van der Waals surface area contributed by atoms with Crippen molar-refractivity contribution in [1.29, 1.82) is 0 Å². The summed E-state index contributed by atoms with van der Waals surface area (Å²) in [5, 5.41) is 5.49. The molecule has 0 amide bonds. The topological polar surface area (TPSA) is 44.1 Å². The van der Waals surface area contributed by atoms with Crippen LogP contribution in [0.3, 0.4) is 0 Å². The van der Waals surface area contributed by atoms with Gasteiger partial charge in [-0.2, -0.15) is 0 Å². The van der Waals surface area contributed by atoms with E-state index in [-0.39, 0.29) is 5.78 Å². The monoisotopic (exact) mass is 456 g/mol. The van der Waals surface area contributed by atoms with Crippen LogP contribution in [0.5, 0.6) is 5.75 Å². The summed E-state index contributed by atoms with van der Waals surface area (Å²) in [7, 11) is 1.61. The molecule has 1 aromatic heterocycles. The Kier molecular flexibility index (Phi) is 6.60. The molecule has 9 heteroatoms. The third kappa shape index (κ3) is 4.73. The Morgan fingerprint density at radius 2 is 2.04 bits per heavy atom. The second-order valence-electron chi connectivity index (χ2n) is 5.52. The lowest BCUT2D eigenvalue weighted by atomic mass is 10.1. The third-order valence-electron chi connectivity index (χ3n) is 3.72. The van der Waals surface area contributed by atoms with E-state index in [0.717, 1.165) is 21.3 Å². The van der Waals surface area contributed by atoms with Crippen LogP contribution < -0.4 is 4.74 Å². The number of carbonyl (C=O) groups excluding carboxylic acids is 1. The van der Waals surface area contributed by atoms with Crippen LogP contribution >= 0.6 is 58.5 Å². The van der Waals surface area contributed by atoms with Gasteiger partial charge in [-0.1, -0.05) is 46.3 Å². The summed E-state index contributed by atoms with van der Waals surface area (Å²) in [5.41, 5.74) is 2.34. The molecule has 1 heterocycles.